The lowest BCUT2D eigenvalue weighted by Crippen LogP contribution is -2.04. The zero-order valence-electron chi connectivity index (χ0n) is 31.5. The van der Waals surface area contributed by atoms with E-state index in [1.807, 2.05) is 60.7 Å². The van der Waals surface area contributed by atoms with Crippen LogP contribution in [-0.2, 0) is 0 Å². The van der Waals surface area contributed by atoms with E-state index in [1.54, 1.807) is 0 Å². The molecule has 0 saturated heterocycles. The number of hydrogen-bond donors (Lipinski definition) is 0. The maximum Gasteiger partial charge on any atom is 0.235 e. The summed E-state index contributed by atoms with van der Waals surface area (Å²) in [5, 5.41) is 16.6. The van der Waals surface area contributed by atoms with Crippen molar-refractivity contribution in [1.29, 1.82) is 5.26 Å². The number of nitriles is 1. The second-order valence-electron chi connectivity index (χ2n) is 14.9. The summed E-state index contributed by atoms with van der Waals surface area (Å²) in [6.07, 6.45) is 0. The molecule has 4 aromatic heterocycles. The SMILES string of the molecule is N#Cc1cccc(-c2cc(-c3ccccc3)nc(-n3c4ccccc4c4ccc(-c5ccc6c(c5)c5ccccc5n6-c5ccc6oc7ccccc7c6c5)cc43)n2)c1. The Morgan fingerprint density at radius 2 is 1.02 bits per heavy atom. The van der Waals surface area contributed by atoms with Gasteiger partial charge in [0.15, 0.2) is 0 Å². The van der Waals surface area contributed by atoms with Gasteiger partial charge in [0.05, 0.1) is 45.1 Å². The molecule has 4 heterocycles. The van der Waals surface area contributed by atoms with Gasteiger partial charge in [0.25, 0.3) is 0 Å². The summed E-state index contributed by atoms with van der Waals surface area (Å²) in [5.41, 5.74) is 13.3. The number of para-hydroxylation sites is 3. The van der Waals surface area contributed by atoms with Crippen molar-refractivity contribution in [2.24, 2.45) is 0 Å². The summed E-state index contributed by atoms with van der Waals surface area (Å²) >= 11 is 0. The van der Waals surface area contributed by atoms with Gasteiger partial charge in [-0.1, -0.05) is 115 Å². The number of nitrogens with zero attached hydrogens (tertiary/aromatic N) is 5. The molecule has 12 aromatic rings. The molecule has 6 nitrogen and oxygen atoms in total. The molecule has 0 bridgehead atoms. The third-order valence-electron chi connectivity index (χ3n) is 11.6. The molecule has 0 aliphatic carbocycles. The van der Waals surface area contributed by atoms with Gasteiger partial charge in [-0.15, -0.1) is 0 Å². The molecule has 59 heavy (non-hydrogen) atoms. The third kappa shape index (κ3) is 5.19. The van der Waals surface area contributed by atoms with Gasteiger partial charge < -0.3 is 8.98 Å². The molecule has 0 fully saturated rings. The minimum absolute atomic E-state index is 0.563. The standard InChI is InChI=1S/C53H31N5O/c54-32-33-11-10-14-37(27-33)46-31-45(34-12-2-1-3-13-34)55-53(56-46)58-48-19-8-4-15-39(48)41-24-21-36(29-50(41)58)35-22-25-49-43(28-35)40-16-5-7-18-47(40)57(49)38-23-26-52-44(30-38)42-17-6-9-20-51(42)59-52/h1-31H. The Kier molecular flexibility index (Phi) is 7.19. The van der Waals surface area contributed by atoms with Crippen LogP contribution in [0.1, 0.15) is 5.56 Å². The fourth-order valence-electron chi connectivity index (χ4n) is 8.84. The van der Waals surface area contributed by atoms with Crippen molar-refractivity contribution >= 4 is 65.6 Å². The van der Waals surface area contributed by atoms with E-state index in [-0.39, 0.29) is 0 Å². The van der Waals surface area contributed by atoms with Crippen LogP contribution < -0.4 is 0 Å². The van der Waals surface area contributed by atoms with E-state index >= 15 is 0 Å². The van der Waals surface area contributed by atoms with Gasteiger partial charge in [-0.2, -0.15) is 5.26 Å². The average molecular weight is 754 g/mol. The Balaban J connectivity index is 1.05. The van der Waals surface area contributed by atoms with Crippen molar-refractivity contribution in [3.05, 3.63) is 194 Å². The molecule has 0 radical (unpaired) electrons. The summed E-state index contributed by atoms with van der Waals surface area (Å²) < 4.78 is 10.7. The fourth-order valence-corrected chi connectivity index (χ4v) is 8.84. The molecule has 0 amide bonds. The minimum Gasteiger partial charge on any atom is -0.456 e. The number of aromatic nitrogens is 4. The average Bonchev–Trinajstić information content (AvgIpc) is 3.96. The van der Waals surface area contributed by atoms with Crippen LogP contribution >= 0.6 is 0 Å². The van der Waals surface area contributed by atoms with Gasteiger partial charge in [0, 0.05) is 49.1 Å². The minimum atomic E-state index is 0.563. The van der Waals surface area contributed by atoms with Crippen molar-refractivity contribution in [2.75, 3.05) is 0 Å². The van der Waals surface area contributed by atoms with Crippen molar-refractivity contribution in [3.8, 4) is 51.3 Å². The van der Waals surface area contributed by atoms with Crippen LogP contribution in [0.4, 0.5) is 0 Å². The quantitative estimate of drug-likeness (QED) is 0.175. The Labute approximate surface area is 338 Å². The first kappa shape index (κ1) is 32.9. The number of fused-ring (bicyclic) bond motifs is 9. The highest BCUT2D eigenvalue weighted by Crippen LogP contribution is 2.39. The van der Waals surface area contributed by atoms with Gasteiger partial charge in [-0.3, -0.25) is 4.57 Å². The molecule has 0 spiro atoms. The molecule has 274 valence electrons. The summed E-state index contributed by atoms with van der Waals surface area (Å²) in [4.78, 5) is 10.5. The molecule has 0 N–H and O–H groups in total. The zero-order chi connectivity index (χ0) is 39.0. The van der Waals surface area contributed by atoms with E-state index in [0.29, 0.717) is 11.5 Å². The number of benzene rings is 8. The first-order chi connectivity index (χ1) is 29.2. The lowest BCUT2D eigenvalue weighted by Gasteiger charge is -2.12. The molecule has 0 atom stereocenters. The highest BCUT2D eigenvalue weighted by atomic mass is 16.3. The maximum absolute atomic E-state index is 9.73. The van der Waals surface area contributed by atoms with E-state index in [1.165, 1.54) is 10.8 Å². The first-order valence-corrected chi connectivity index (χ1v) is 19.6. The Morgan fingerprint density at radius 3 is 1.85 bits per heavy atom. The van der Waals surface area contributed by atoms with Gasteiger partial charge in [-0.05, 0) is 83.9 Å². The zero-order valence-corrected chi connectivity index (χ0v) is 31.5. The third-order valence-corrected chi connectivity index (χ3v) is 11.6. The molecular weight excluding hydrogens is 723 g/mol. The topological polar surface area (TPSA) is 72.6 Å². The Morgan fingerprint density at radius 1 is 0.390 bits per heavy atom. The predicted octanol–water partition coefficient (Wildman–Crippen LogP) is 13.4. The Bertz CT molecular complexity index is 3700. The lowest BCUT2D eigenvalue weighted by molar-refractivity contribution is 0.669. The second kappa shape index (κ2) is 12.9. The van der Waals surface area contributed by atoms with Gasteiger partial charge in [-0.25, -0.2) is 9.97 Å². The highest BCUT2D eigenvalue weighted by molar-refractivity contribution is 6.13. The summed E-state index contributed by atoms with van der Waals surface area (Å²) in [6, 6.07) is 67.4. The van der Waals surface area contributed by atoms with Crippen LogP contribution in [-0.4, -0.2) is 19.1 Å². The molecule has 0 unspecified atom stereocenters. The highest BCUT2D eigenvalue weighted by Gasteiger charge is 2.19. The summed E-state index contributed by atoms with van der Waals surface area (Å²) in [7, 11) is 0. The van der Waals surface area contributed by atoms with E-state index in [0.717, 1.165) is 94.1 Å². The van der Waals surface area contributed by atoms with Crippen LogP contribution in [0.25, 0.3) is 111 Å². The number of hydrogen-bond acceptors (Lipinski definition) is 4. The van der Waals surface area contributed by atoms with E-state index in [4.69, 9.17) is 14.4 Å². The Hall–Kier alpha value is -8.27. The van der Waals surface area contributed by atoms with Gasteiger partial charge >= 0.3 is 0 Å². The summed E-state index contributed by atoms with van der Waals surface area (Å²) in [6.45, 7) is 0. The monoisotopic (exact) mass is 753 g/mol. The van der Waals surface area contributed by atoms with Crippen LogP contribution in [0.5, 0.6) is 0 Å². The molecule has 6 heteroatoms. The fraction of sp³-hybridized carbons (Fsp3) is 0. The van der Waals surface area contributed by atoms with Crippen LogP contribution in [0.15, 0.2) is 192 Å². The molecule has 8 aromatic carbocycles. The normalized spacial score (nSPS) is 11.7. The van der Waals surface area contributed by atoms with Crippen molar-refractivity contribution in [3.63, 3.8) is 0 Å². The molecular formula is C53H31N5O. The second-order valence-corrected chi connectivity index (χ2v) is 14.9. The number of furan rings is 1. The van der Waals surface area contributed by atoms with Crippen LogP contribution in [0.2, 0.25) is 0 Å². The van der Waals surface area contributed by atoms with Crippen molar-refractivity contribution < 1.29 is 4.42 Å². The first-order valence-electron chi connectivity index (χ1n) is 19.6. The van der Waals surface area contributed by atoms with Crippen molar-refractivity contribution in [2.45, 2.75) is 0 Å². The molecule has 0 aliphatic rings. The molecule has 0 saturated carbocycles. The van der Waals surface area contributed by atoms with Crippen LogP contribution in [0, 0.1) is 11.3 Å². The van der Waals surface area contributed by atoms with Crippen molar-refractivity contribution in [1.82, 2.24) is 19.1 Å². The maximum atomic E-state index is 9.73. The lowest BCUT2D eigenvalue weighted by atomic mass is 10.0. The van der Waals surface area contributed by atoms with E-state index < -0.39 is 0 Å². The van der Waals surface area contributed by atoms with Crippen LogP contribution in [0.3, 0.4) is 0 Å². The smallest absolute Gasteiger partial charge is 0.235 e. The summed E-state index contributed by atoms with van der Waals surface area (Å²) in [5.74, 6) is 0.563. The molecule has 0 aliphatic heterocycles. The number of rotatable bonds is 5. The largest absolute Gasteiger partial charge is 0.456 e. The predicted molar refractivity (Wildman–Crippen MR) is 239 cm³/mol. The van der Waals surface area contributed by atoms with E-state index in [2.05, 4.69) is 143 Å². The van der Waals surface area contributed by atoms with Gasteiger partial charge in [0.1, 0.15) is 11.2 Å². The van der Waals surface area contributed by atoms with Gasteiger partial charge in [0.2, 0.25) is 5.95 Å². The molecule has 12 rings (SSSR count). The van der Waals surface area contributed by atoms with E-state index in [9.17, 15) is 5.26 Å².